The molecule has 1 aliphatic heterocycles. The minimum absolute atomic E-state index is 0.0274. The highest BCUT2D eigenvalue weighted by Crippen LogP contribution is 2.38. The number of aromatic hydroxyl groups is 1. The SMILES string of the molecule is COc1cc(/C=C2\C(=O)Nc3cc(Cl)ccc32)c(Br)cc1O. The third kappa shape index (κ3) is 2.58. The number of anilines is 1. The molecule has 0 saturated heterocycles. The number of phenols is 1. The summed E-state index contributed by atoms with van der Waals surface area (Å²) < 4.78 is 5.76. The molecule has 0 atom stereocenters. The van der Waals surface area contributed by atoms with E-state index in [0.29, 0.717) is 26.5 Å². The van der Waals surface area contributed by atoms with Gasteiger partial charge in [0.15, 0.2) is 11.5 Å². The van der Waals surface area contributed by atoms with Gasteiger partial charge in [-0.3, -0.25) is 4.79 Å². The number of hydrogen-bond acceptors (Lipinski definition) is 3. The van der Waals surface area contributed by atoms with Crippen molar-refractivity contribution in [2.24, 2.45) is 0 Å². The molecular weight excluding hydrogens is 370 g/mol. The Labute approximate surface area is 140 Å². The van der Waals surface area contributed by atoms with E-state index in [0.717, 1.165) is 11.1 Å². The number of carbonyl (C=O) groups is 1. The van der Waals surface area contributed by atoms with Crippen molar-refractivity contribution >= 4 is 50.8 Å². The summed E-state index contributed by atoms with van der Waals surface area (Å²) >= 11 is 9.31. The summed E-state index contributed by atoms with van der Waals surface area (Å²) in [6, 6.07) is 8.43. The number of methoxy groups -OCH3 is 1. The van der Waals surface area contributed by atoms with Gasteiger partial charge in [0.25, 0.3) is 5.91 Å². The summed E-state index contributed by atoms with van der Waals surface area (Å²) in [5.74, 6) is 0.167. The molecule has 22 heavy (non-hydrogen) atoms. The van der Waals surface area contributed by atoms with Crippen molar-refractivity contribution < 1.29 is 14.6 Å². The van der Waals surface area contributed by atoms with E-state index in [-0.39, 0.29) is 11.7 Å². The Morgan fingerprint density at radius 3 is 2.82 bits per heavy atom. The average Bonchev–Trinajstić information content (AvgIpc) is 2.76. The van der Waals surface area contributed by atoms with Gasteiger partial charge in [-0.05, 0) is 35.9 Å². The largest absolute Gasteiger partial charge is 0.504 e. The van der Waals surface area contributed by atoms with Crippen LogP contribution in [0.25, 0.3) is 11.6 Å². The second-order valence-corrected chi connectivity index (χ2v) is 6.04. The van der Waals surface area contributed by atoms with E-state index in [1.807, 2.05) is 0 Å². The van der Waals surface area contributed by atoms with Crippen LogP contribution in [0.5, 0.6) is 11.5 Å². The van der Waals surface area contributed by atoms with Crippen LogP contribution in [0.1, 0.15) is 11.1 Å². The van der Waals surface area contributed by atoms with Gasteiger partial charge in [0.2, 0.25) is 0 Å². The summed E-state index contributed by atoms with van der Waals surface area (Å²) in [5, 5.41) is 13.1. The molecule has 4 nitrogen and oxygen atoms in total. The fourth-order valence-corrected chi connectivity index (χ4v) is 2.92. The number of rotatable bonds is 2. The third-order valence-corrected chi connectivity index (χ3v) is 4.28. The molecule has 3 rings (SSSR count). The molecule has 0 radical (unpaired) electrons. The van der Waals surface area contributed by atoms with Crippen molar-refractivity contribution in [3.05, 3.63) is 51.0 Å². The normalized spacial score (nSPS) is 14.9. The maximum Gasteiger partial charge on any atom is 0.256 e. The molecule has 2 aromatic rings. The number of nitrogens with one attached hydrogen (secondary N) is 1. The Hall–Kier alpha value is -1.98. The van der Waals surface area contributed by atoms with Crippen LogP contribution in [0.4, 0.5) is 5.69 Å². The van der Waals surface area contributed by atoms with Gasteiger partial charge in [-0.2, -0.15) is 0 Å². The van der Waals surface area contributed by atoms with Crippen molar-refractivity contribution in [3.8, 4) is 11.5 Å². The van der Waals surface area contributed by atoms with E-state index in [2.05, 4.69) is 21.2 Å². The second-order valence-electron chi connectivity index (χ2n) is 4.75. The highest BCUT2D eigenvalue weighted by molar-refractivity contribution is 9.10. The Bertz CT molecular complexity index is 817. The van der Waals surface area contributed by atoms with E-state index in [1.165, 1.54) is 13.2 Å². The fourth-order valence-electron chi connectivity index (χ4n) is 2.30. The lowest BCUT2D eigenvalue weighted by molar-refractivity contribution is -0.110. The van der Waals surface area contributed by atoms with E-state index in [4.69, 9.17) is 16.3 Å². The molecule has 2 aromatic carbocycles. The molecular formula is C16H11BrClNO3. The van der Waals surface area contributed by atoms with Crippen LogP contribution < -0.4 is 10.1 Å². The highest BCUT2D eigenvalue weighted by atomic mass is 79.9. The molecule has 0 aromatic heterocycles. The topological polar surface area (TPSA) is 58.6 Å². The first-order valence-electron chi connectivity index (χ1n) is 6.39. The number of ether oxygens (including phenoxy) is 1. The van der Waals surface area contributed by atoms with Gasteiger partial charge in [-0.15, -0.1) is 0 Å². The molecule has 112 valence electrons. The number of hydrogen-bond donors (Lipinski definition) is 2. The van der Waals surface area contributed by atoms with Crippen LogP contribution in [0.15, 0.2) is 34.8 Å². The molecule has 1 amide bonds. The number of fused-ring (bicyclic) bond motifs is 1. The molecule has 0 bridgehead atoms. The Morgan fingerprint density at radius 1 is 1.32 bits per heavy atom. The highest BCUT2D eigenvalue weighted by Gasteiger charge is 2.24. The molecule has 6 heteroatoms. The fraction of sp³-hybridized carbons (Fsp3) is 0.0625. The van der Waals surface area contributed by atoms with Gasteiger partial charge in [-0.1, -0.05) is 33.6 Å². The van der Waals surface area contributed by atoms with Crippen LogP contribution in [0.2, 0.25) is 5.02 Å². The van der Waals surface area contributed by atoms with Crippen LogP contribution in [-0.4, -0.2) is 18.1 Å². The first kappa shape index (κ1) is 14.9. The minimum atomic E-state index is -0.198. The average molecular weight is 381 g/mol. The molecule has 0 saturated carbocycles. The molecule has 0 spiro atoms. The molecule has 1 heterocycles. The zero-order chi connectivity index (χ0) is 15.9. The van der Waals surface area contributed by atoms with E-state index in [9.17, 15) is 9.90 Å². The smallest absolute Gasteiger partial charge is 0.256 e. The Morgan fingerprint density at radius 2 is 2.09 bits per heavy atom. The van der Waals surface area contributed by atoms with Gasteiger partial charge in [0, 0.05) is 20.6 Å². The lowest BCUT2D eigenvalue weighted by atomic mass is 10.0. The summed E-state index contributed by atoms with van der Waals surface area (Å²) in [6.07, 6.45) is 1.74. The molecule has 0 aliphatic carbocycles. The Balaban J connectivity index is 2.12. The predicted molar refractivity (Wildman–Crippen MR) is 90.3 cm³/mol. The number of benzene rings is 2. The first-order chi connectivity index (χ1) is 10.5. The zero-order valence-electron chi connectivity index (χ0n) is 11.5. The van der Waals surface area contributed by atoms with E-state index >= 15 is 0 Å². The number of phenolic OH excluding ortho intramolecular Hbond substituents is 1. The molecule has 1 aliphatic rings. The lowest BCUT2D eigenvalue weighted by Gasteiger charge is -2.07. The lowest BCUT2D eigenvalue weighted by Crippen LogP contribution is -2.03. The summed E-state index contributed by atoms with van der Waals surface area (Å²) in [7, 11) is 1.47. The molecule has 0 fully saturated rings. The summed E-state index contributed by atoms with van der Waals surface area (Å²) in [6.45, 7) is 0. The van der Waals surface area contributed by atoms with Gasteiger partial charge >= 0.3 is 0 Å². The monoisotopic (exact) mass is 379 g/mol. The van der Waals surface area contributed by atoms with E-state index in [1.54, 1.807) is 30.3 Å². The quantitative estimate of drug-likeness (QED) is 0.763. The maximum absolute atomic E-state index is 12.2. The molecule has 2 N–H and O–H groups in total. The van der Waals surface area contributed by atoms with E-state index < -0.39 is 0 Å². The number of amides is 1. The number of carbonyl (C=O) groups excluding carboxylic acids is 1. The van der Waals surface area contributed by atoms with Crippen LogP contribution in [0.3, 0.4) is 0 Å². The van der Waals surface area contributed by atoms with Crippen molar-refractivity contribution in [2.45, 2.75) is 0 Å². The van der Waals surface area contributed by atoms with Crippen molar-refractivity contribution in [1.29, 1.82) is 0 Å². The summed E-state index contributed by atoms with van der Waals surface area (Å²) in [4.78, 5) is 12.2. The van der Waals surface area contributed by atoms with Crippen molar-refractivity contribution in [2.75, 3.05) is 12.4 Å². The first-order valence-corrected chi connectivity index (χ1v) is 7.56. The second kappa shape index (κ2) is 5.66. The predicted octanol–water partition coefficient (Wildman–Crippen LogP) is 4.31. The van der Waals surface area contributed by atoms with Crippen LogP contribution in [0, 0.1) is 0 Å². The number of halogens is 2. The van der Waals surface area contributed by atoms with Crippen LogP contribution >= 0.6 is 27.5 Å². The van der Waals surface area contributed by atoms with Crippen LogP contribution in [-0.2, 0) is 4.79 Å². The van der Waals surface area contributed by atoms with Crippen molar-refractivity contribution in [3.63, 3.8) is 0 Å². The minimum Gasteiger partial charge on any atom is -0.504 e. The Kier molecular flexibility index (Phi) is 3.85. The zero-order valence-corrected chi connectivity index (χ0v) is 13.8. The van der Waals surface area contributed by atoms with Gasteiger partial charge in [0.1, 0.15) is 0 Å². The standard InChI is InChI=1S/C16H11BrClNO3/c1-22-15-5-8(12(17)7-14(15)20)4-11-10-3-2-9(18)6-13(10)19-16(11)21/h2-7,20H,1H3,(H,19,21)/b11-4-. The maximum atomic E-state index is 12.2. The van der Waals surface area contributed by atoms with Gasteiger partial charge in [-0.25, -0.2) is 0 Å². The molecule has 0 unspecified atom stereocenters. The van der Waals surface area contributed by atoms with Gasteiger partial charge in [0.05, 0.1) is 12.8 Å². The summed E-state index contributed by atoms with van der Waals surface area (Å²) in [5.41, 5.74) is 2.72. The van der Waals surface area contributed by atoms with Gasteiger partial charge < -0.3 is 15.2 Å². The van der Waals surface area contributed by atoms with Crippen molar-refractivity contribution in [1.82, 2.24) is 0 Å². The third-order valence-electron chi connectivity index (χ3n) is 3.36.